The highest BCUT2D eigenvalue weighted by molar-refractivity contribution is 5.82. The Kier molecular flexibility index (Phi) is 30.6. The first-order chi connectivity index (χ1) is 21.8. The van der Waals surface area contributed by atoms with Crippen molar-refractivity contribution in [3.8, 4) is 0 Å². The Balaban J connectivity index is 1.83. The second kappa shape index (κ2) is 33.1. The Labute approximate surface area is 276 Å². The zero-order valence-corrected chi connectivity index (χ0v) is 29.9. The second-order valence-corrected chi connectivity index (χ2v) is 13.7. The summed E-state index contributed by atoms with van der Waals surface area (Å²) in [5, 5.41) is 0. The summed E-state index contributed by atoms with van der Waals surface area (Å²) in [5.41, 5.74) is 0. The number of allylic oxidation sites excluding steroid dienone is 5. The fraction of sp³-hybridized carbons (Fsp3) is 0.833. The lowest BCUT2D eigenvalue weighted by atomic mass is 9.93. The third-order valence-corrected chi connectivity index (χ3v) is 9.41. The maximum atomic E-state index is 12.0. The molecule has 0 radical (unpaired) electrons. The molecule has 1 heterocycles. The van der Waals surface area contributed by atoms with E-state index in [-0.39, 0.29) is 11.9 Å². The predicted molar refractivity (Wildman–Crippen MR) is 195 cm³/mol. The maximum Gasteiger partial charge on any atom is 0.321 e. The lowest BCUT2D eigenvalue weighted by Gasteiger charge is -2.28. The first-order valence-electron chi connectivity index (χ1n) is 20.0. The minimum absolute atomic E-state index is 0.0167. The van der Waals surface area contributed by atoms with Gasteiger partial charge in [0.25, 0.3) is 0 Å². The van der Waals surface area contributed by atoms with Crippen LogP contribution in [0.15, 0.2) is 36.1 Å². The van der Waals surface area contributed by atoms with Gasteiger partial charge in [-0.1, -0.05) is 186 Å². The molecule has 2 heteroatoms. The average molecular weight is 613 g/mol. The van der Waals surface area contributed by atoms with E-state index in [0.717, 1.165) is 18.6 Å². The summed E-state index contributed by atoms with van der Waals surface area (Å²) in [6, 6.07) is 0. The van der Waals surface area contributed by atoms with Crippen LogP contribution in [-0.4, -0.2) is 5.97 Å². The van der Waals surface area contributed by atoms with E-state index in [0.29, 0.717) is 0 Å². The van der Waals surface area contributed by atoms with Crippen molar-refractivity contribution in [2.24, 2.45) is 5.92 Å². The first kappa shape index (κ1) is 40.7. The minimum atomic E-state index is 0.0167. The molecule has 0 spiro atoms. The van der Waals surface area contributed by atoms with Gasteiger partial charge in [-0.05, 0) is 63.9 Å². The van der Waals surface area contributed by atoms with Crippen LogP contribution in [0, 0.1) is 5.92 Å². The van der Waals surface area contributed by atoms with Gasteiger partial charge in [-0.15, -0.1) is 0 Å². The van der Waals surface area contributed by atoms with Crippen molar-refractivity contribution >= 4 is 5.97 Å². The zero-order chi connectivity index (χ0) is 31.6. The quantitative estimate of drug-likeness (QED) is 0.0410. The van der Waals surface area contributed by atoms with E-state index in [4.69, 9.17) is 4.74 Å². The molecule has 0 N–H and O–H groups in total. The SMILES string of the molecule is CCCC/C=C/CCCCCCCCCCCCC/C=C1/OC(=O)C1CCCCCCCCCCCCC/C=C/CCCC. The fourth-order valence-corrected chi connectivity index (χ4v) is 6.32. The highest BCUT2D eigenvalue weighted by Crippen LogP contribution is 2.32. The van der Waals surface area contributed by atoms with Gasteiger partial charge < -0.3 is 4.74 Å². The maximum absolute atomic E-state index is 12.0. The van der Waals surface area contributed by atoms with E-state index in [1.165, 1.54) is 193 Å². The van der Waals surface area contributed by atoms with Crippen LogP contribution in [0.25, 0.3) is 0 Å². The Bertz CT molecular complexity index is 703. The Hall–Kier alpha value is -1.31. The molecule has 0 aromatic heterocycles. The zero-order valence-electron chi connectivity index (χ0n) is 29.9. The molecule has 0 aromatic carbocycles. The van der Waals surface area contributed by atoms with Gasteiger partial charge in [-0.25, -0.2) is 0 Å². The van der Waals surface area contributed by atoms with Crippen LogP contribution in [0.2, 0.25) is 0 Å². The van der Waals surface area contributed by atoms with Gasteiger partial charge >= 0.3 is 5.97 Å². The number of unbranched alkanes of at least 4 members (excludes halogenated alkanes) is 27. The number of carbonyl (C=O) groups excluding carboxylic acids is 1. The molecule has 0 amide bonds. The number of rotatable bonds is 34. The molecule has 1 saturated heterocycles. The van der Waals surface area contributed by atoms with Crippen molar-refractivity contribution in [3.05, 3.63) is 36.1 Å². The Morgan fingerprint density at radius 3 is 1.11 bits per heavy atom. The number of hydrogen-bond donors (Lipinski definition) is 0. The van der Waals surface area contributed by atoms with Crippen LogP contribution in [0.1, 0.15) is 219 Å². The van der Waals surface area contributed by atoms with E-state index in [1.807, 2.05) is 0 Å². The van der Waals surface area contributed by atoms with Gasteiger partial charge in [0.15, 0.2) is 0 Å². The van der Waals surface area contributed by atoms with Crippen molar-refractivity contribution in [1.29, 1.82) is 0 Å². The molecule has 1 fully saturated rings. The highest BCUT2D eigenvalue weighted by atomic mass is 16.6. The van der Waals surface area contributed by atoms with Crippen molar-refractivity contribution in [2.45, 2.75) is 219 Å². The van der Waals surface area contributed by atoms with Crippen LogP contribution in [-0.2, 0) is 9.53 Å². The lowest BCUT2D eigenvalue weighted by molar-refractivity contribution is -0.157. The molecule has 0 aromatic rings. The number of ether oxygens (including phenoxy) is 1. The molecule has 1 unspecified atom stereocenters. The molecular weight excluding hydrogens is 536 g/mol. The summed E-state index contributed by atoms with van der Waals surface area (Å²) in [6.07, 6.45) is 54.2. The smallest absolute Gasteiger partial charge is 0.321 e. The van der Waals surface area contributed by atoms with E-state index in [1.54, 1.807) is 0 Å². The Morgan fingerprint density at radius 1 is 0.432 bits per heavy atom. The van der Waals surface area contributed by atoms with Crippen LogP contribution < -0.4 is 0 Å². The summed E-state index contributed by atoms with van der Waals surface area (Å²) in [5.74, 6) is 1.07. The molecule has 256 valence electrons. The van der Waals surface area contributed by atoms with E-state index in [9.17, 15) is 4.79 Å². The molecule has 0 bridgehead atoms. The van der Waals surface area contributed by atoms with Crippen molar-refractivity contribution in [3.63, 3.8) is 0 Å². The van der Waals surface area contributed by atoms with Crippen LogP contribution >= 0.6 is 0 Å². The van der Waals surface area contributed by atoms with Crippen LogP contribution in [0.4, 0.5) is 0 Å². The molecule has 1 atom stereocenters. The van der Waals surface area contributed by atoms with Gasteiger partial charge in [0.1, 0.15) is 11.7 Å². The normalized spacial score (nSPS) is 16.0. The second-order valence-electron chi connectivity index (χ2n) is 13.7. The monoisotopic (exact) mass is 613 g/mol. The largest absolute Gasteiger partial charge is 0.430 e. The van der Waals surface area contributed by atoms with Gasteiger partial charge in [0.05, 0.1) is 0 Å². The molecule has 0 aliphatic carbocycles. The highest BCUT2D eigenvalue weighted by Gasteiger charge is 2.36. The van der Waals surface area contributed by atoms with Crippen molar-refractivity contribution < 1.29 is 9.53 Å². The summed E-state index contributed by atoms with van der Waals surface area (Å²) in [7, 11) is 0. The topological polar surface area (TPSA) is 26.3 Å². The molecule has 2 nitrogen and oxygen atoms in total. The number of esters is 1. The number of hydrogen-bond acceptors (Lipinski definition) is 2. The third-order valence-electron chi connectivity index (χ3n) is 9.41. The number of cyclic esters (lactones) is 1. The molecule has 44 heavy (non-hydrogen) atoms. The number of carbonyl (C=O) groups is 1. The average Bonchev–Trinajstić information content (AvgIpc) is 3.03. The van der Waals surface area contributed by atoms with Gasteiger partial charge in [0.2, 0.25) is 0 Å². The summed E-state index contributed by atoms with van der Waals surface area (Å²) >= 11 is 0. The van der Waals surface area contributed by atoms with Crippen LogP contribution in [0.5, 0.6) is 0 Å². The van der Waals surface area contributed by atoms with Crippen molar-refractivity contribution in [2.75, 3.05) is 0 Å². The van der Waals surface area contributed by atoms with E-state index < -0.39 is 0 Å². The standard InChI is InChI=1S/C42H76O2/c1-3-5-7-9-11-13-15-17-19-21-23-25-27-29-31-33-35-37-39-41-40(42(43)44-41)38-36-34-32-30-28-26-24-22-20-18-16-14-12-10-8-6-4-2/h9-12,39-40H,3-8,13-38H2,1-2H3/b11-9+,12-10+,41-39+. The molecular formula is C42H76O2. The fourth-order valence-electron chi connectivity index (χ4n) is 6.32. The van der Waals surface area contributed by atoms with E-state index in [2.05, 4.69) is 44.2 Å². The molecule has 1 aliphatic heterocycles. The third kappa shape index (κ3) is 26.0. The minimum Gasteiger partial charge on any atom is -0.430 e. The van der Waals surface area contributed by atoms with Gasteiger partial charge in [-0.2, -0.15) is 0 Å². The van der Waals surface area contributed by atoms with Crippen molar-refractivity contribution in [1.82, 2.24) is 0 Å². The van der Waals surface area contributed by atoms with E-state index >= 15 is 0 Å². The first-order valence-corrected chi connectivity index (χ1v) is 20.0. The van der Waals surface area contributed by atoms with Crippen LogP contribution in [0.3, 0.4) is 0 Å². The Morgan fingerprint density at radius 2 is 0.750 bits per heavy atom. The molecule has 1 aliphatic rings. The van der Waals surface area contributed by atoms with Gasteiger partial charge in [0, 0.05) is 0 Å². The van der Waals surface area contributed by atoms with Gasteiger partial charge in [-0.3, -0.25) is 4.79 Å². The predicted octanol–water partition coefficient (Wildman–Crippen LogP) is 14.7. The summed E-state index contributed by atoms with van der Waals surface area (Å²) < 4.78 is 5.38. The summed E-state index contributed by atoms with van der Waals surface area (Å²) in [6.45, 7) is 4.52. The summed E-state index contributed by atoms with van der Waals surface area (Å²) in [4.78, 5) is 12.0. The molecule has 1 rings (SSSR count). The lowest BCUT2D eigenvalue weighted by Crippen LogP contribution is -2.32. The molecule has 0 saturated carbocycles.